The second-order valence-corrected chi connectivity index (χ2v) is 17.6. The number of rotatable bonds is 46. The molecule has 0 radical (unpaired) electrons. The van der Waals surface area contributed by atoms with E-state index in [1.165, 1.54) is 135 Å². The van der Waals surface area contributed by atoms with Crippen LogP contribution in [0.1, 0.15) is 258 Å². The van der Waals surface area contributed by atoms with Crippen molar-refractivity contribution in [1.29, 1.82) is 0 Å². The average molecular weight is 842 g/mol. The lowest BCUT2D eigenvalue weighted by Gasteiger charge is -2.24. The minimum atomic E-state index is -0.797. The van der Waals surface area contributed by atoms with Gasteiger partial charge in [0.25, 0.3) is 0 Å². The number of carbonyl (C=O) groups is 2. The van der Waals surface area contributed by atoms with Crippen LogP contribution in [0.3, 0.4) is 0 Å². The van der Waals surface area contributed by atoms with Gasteiger partial charge in [0.2, 0.25) is 5.91 Å². The van der Waals surface area contributed by atoms with Crippen LogP contribution < -0.4 is 5.32 Å². The van der Waals surface area contributed by atoms with Crippen molar-refractivity contribution in [2.75, 3.05) is 6.61 Å². The first-order chi connectivity index (χ1) is 29.5. The molecular weight excluding hydrogens is 743 g/mol. The van der Waals surface area contributed by atoms with E-state index in [1.807, 2.05) is 0 Å². The summed E-state index contributed by atoms with van der Waals surface area (Å²) in [6.07, 6.45) is 57.4. The maximum atomic E-state index is 13.2. The van der Waals surface area contributed by atoms with Crippen LogP contribution in [0.25, 0.3) is 0 Å². The Labute approximate surface area is 372 Å². The molecule has 0 aromatic carbocycles. The zero-order valence-electron chi connectivity index (χ0n) is 39.8. The number of hydrogen-bond acceptors (Lipinski definition) is 5. The van der Waals surface area contributed by atoms with Crippen LogP contribution in [0, 0.1) is 0 Å². The van der Waals surface area contributed by atoms with Gasteiger partial charge in [-0.2, -0.15) is 0 Å². The minimum Gasteiger partial charge on any atom is -0.462 e. The van der Waals surface area contributed by atoms with Crippen molar-refractivity contribution in [2.24, 2.45) is 0 Å². The van der Waals surface area contributed by atoms with Crippen LogP contribution in [-0.4, -0.2) is 46.9 Å². The molecule has 6 heteroatoms. The lowest BCUT2D eigenvalue weighted by Crippen LogP contribution is -2.46. The van der Waals surface area contributed by atoms with E-state index in [4.69, 9.17) is 4.74 Å². The SMILES string of the molecule is CCCCCCC/C=C/C=C/C=C/CCCCCC(CC(=O)NC(CO)C(O)CCCCCCCCCCC)OC(=O)CCCCCCC/C=C/CCCCCCCCC. The highest BCUT2D eigenvalue weighted by molar-refractivity contribution is 5.77. The number of allylic oxidation sites excluding steroid dienone is 8. The third-order valence-electron chi connectivity index (χ3n) is 11.7. The van der Waals surface area contributed by atoms with E-state index in [0.717, 1.165) is 77.0 Å². The number of esters is 1. The Bertz CT molecular complexity index is 1040. The number of aliphatic hydroxyl groups excluding tert-OH is 2. The maximum absolute atomic E-state index is 13.2. The highest BCUT2D eigenvalue weighted by Crippen LogP contribution is 2.17. The van der Waals surface area contributed by atoms with E-state index >= 15 is 0 Å². The van der Waals surface area contributed by atoms with E-state index in [2.05, 4.69) is 74.7 Å². The third-order valence-corrected chi connectivity index (χ3v) is 11.7. The standard InChI is InChI=1S/C54H99NO5/c1-4-7-10-13-16-19-21-23-25-27-29-31-34-36-39-42-45-50(48-53(58)55-51(49-56)52(57)46-43-40-37-33-18-15-12-9-6-3)60-54(59)47-44-41-38-35-32-30-28-26-24-22-20-17-14-11-8-5-2/h21,23,25-29,31,50-52,56-57H,4-20,22,24,30,32-49H2,1-3H3,(H,55,58)/b23-21+,27-25+,28-26+,31-29+. The number of unbranched alkanes of at least 4 members (excludes halogenated alkanes) is 28. The average Bonchev–Trinajstić information content (AvgIpc) is 3.24. The fraction of sp³-hybridized carbons (Fsp3) is 0.815. The van der Waals surface area contributed by atoms with Crippen molar-refractivity contribution in [3.05, 3.63) is 48.6 Å². The maximum Gasteiger partial charge on any atom is 0.306 e. The van der Waals surface area contributed by atoms with Gasteiger partial charge in [-0.3, -0.25) is 9.59 Å². The molecule has 0 aliphatic heterocycles. The Kier molecular flexibility index (Phi) is 46.1. The molecule has 0 heterocycles. The first-order valence-corrected chi connectivity index (χ1v) is 25.9. The van der Waals surface area contributed by atoms with Gasteiger partial charge in [-0.25, -0.2) is 0 Å². The highest BCUT2D eigenvalue weighted by atomic mass is 16.5. The quantitative estimate of drug-likeness (QED) is 0.0246. The predicted molar refractivity (Wildman–Crippen MR) is 259 cm³/mol. The lowest BCUT2D eigenvalue weighted by atomic mass is 10.0. The van der Waals surface area contributed by atoms with Gasteiger partial charge in [-0.05, 0) is 77.0 Å². The fourth-order valence-electron chi connectivity index (χ4n) is 7.72. The summed E-state index contributed by atoms with van der Waals surface area (Å²) in [7, 11) is 0. The first kappa shape index (κ1) is 57.8. The molecule has 0 bridgehead atoms. The summed E-state index contributed by atoms with van der Waals surface area (Å²) in [5.41, 5.74) is 0. The molecule has 3 atom stereocenters. The smallest absolute Gasteiger partial charge is 0.306 e. The molecule has 350 valence electrons. The predicted octanol–water partition coefficient (Wildman–Crippen LogP) is 15.5. The number of hydrogen-bond donors (Lipinski definition) is 3. The van der Waals surface area contributed by atoms with Gasteiger partial charge in [0.15, 0.2) is 0 Å². The van der Waals surface area contributed by atoms with Crippen LogP contribution in [0.15, 0.2) is 48.6 Å². The first-order valence-electron chi connectivity index (χ1n) is 25.9. The van der Waals surface area contributed by atoms with Crippen LogP contribution in [0.5, 0.6) is 0 Å². The summed E-state index contributed by atoms with van der Waals surface area (Å²) < 4.78 is 5.92. The molecule has 6 nitrogen and oxygen atoms in total. The summed E-state index contributed by atoms with van der Waals surface area (Å²) in [6, 6.07) is -0.713. The van der Waals surface area contributed by atoms with Gasteiger partial charge < -0.3 is 20.3 Å². The van der Waals surface area contributed by atoms with Gasteiger partial charge in [0.1, 0.15) is 6.10 Å². The number of aliphatic hydroxyl groups is 2. The Morgan fingerprint density at radius 3 is 1.33 bits per heavy atom. The highest BCUT2D eigenvalue weighted by Gasteiger charge is 2.24. The lowest BCUT2D eigenvalue weighted by molar-refractivity contribution is -0.151. The number of amides is 1. The van der Waals surface area contributed by atoms with E-state index in [-0.39, 0.29) is 24.9 Å². The van der Waals surface area contributed by atoms with Gasteiger partial charge in [0.05, 0.1) is 25.2 Å². The summed E-state index contributed by atoms with van der Waals surface area (Å²) >= 11 is 0. The van der Waals surface area contributed by atoms with E-state index in [9.17, 15) is 19.8 Å². The molecule has 0 aromatic heterocycles. The summed E-state index contributed by atoms with van der Waals surface area (Å²) in [4.78, 5) is 26.1. The number of carbonyl (C=O) groups excluding carboxylic acids is 2. The molecule has 1 amide bonds. The van der Waals surface area contributed by atoms with Gasteiger partial charge in [-0.15, -0.1) is 0 Å². The Balaban J connectivity index is 4.65. The molecule has 3 N–H and O–H groups in total. The van der Waals surface area contributed by atoms with Crippen molar-refractivity contribution < 1.29 is 24.5 Å². The van der Waals surface area contributed by atoms with Crippen LogP contribution in [0.2, 0.25) is 0 Å². The Hall–Kier alpha value is -2.18. The van der Waals surface area contributed by atoms with Gasteiger partial charge in [-0.1, -0.05) is 217 Å². The monoisotopic (exact) mass is 842 g/mol. The van der Waals surface area contributed by atoms with Gasteiger partial charge >= 0.3 is 5.97 Å². The Morgan fingerprint density at radius 2 is 0.867 bits per heavy atom. The molecule has 0 aliphatic carbocycles. The van der Waals surface area contributed by atoms with E-state index in [0.29, 0.717) is 19.3 Å². The molecule has 3 unspecified atom stereocenters. The summed E-state index contributed by atoms with van der Waals surface area (Å²) in [5.74, 6) is -0.514. The normalized spacial score (nSPS) is 13.6. The molecule has 0 aromatic rings. The molecule has 0 rings (SSSR count). The van der Waals surface area contributed by atoms with Crippen molar-refractivity contribution in [3.63, 3.8) is 0 Å². The number of nitrogens with one attached hydrogen (secondary N) is 1. The van der Waals surface area contributed by atoms with Crippen molar-refractivity contribution in [1.82, 2.24) is 5.32 Å². The zero-order chi connectivity index (χ0) is 43.8. The molecule has 0 saturated heterocycles. The Morgan fingerprint density at radius 1 is 0.483 bits per heavy atom. The van der Waals surface area contributed by atoms with Crippen LogP contribution in [-0.2, 0) is 14.3 Å². The van der Waals surface area contributed by atoms with Gasteiger partial charge in [0, 0.05) is 6.42 Å². The van der Waals surface area contributed by atoms with E-state index in [1.54, 1.807) is 0 Å². The second-order valence-electron chi connectivity index (χ2n) is 17.6. The molecule has 60 heavy (non-hydrogen) atoms. The van der Waals surface area contributed by atoms with Crippen molar-refractivity contribution >= 4 is 11.9 Å². The number of ether oxygens (including phenoxy) is 1. The second kappa shape index (κ2) is 47.9. The topological polar surface area (TPSA) is 95.9 Å². The summed E-state index contributed by atoms with van der Waals surface area (Å²) in [6.45, 7) is 6.44. The fourth-order valence-corrected chi connectivity index (χ4v) is 7.72. The van der Waals surface area contributed by atoms with Crippen molar-refractivity contribution in [2.45, 2.75) is 277 Å². The van der Waals surface area contributed by atoms with Crippen LogP contribution in [0.4, 0.5) is 0 Å². The third kappa shape index (κ3) is 42.5. The van der Waals surface area contributed by atoms with E-state index < -0.39 is 18.2 Å². The van der Waals surface area contributed by atoms with Crippen LogP contribution >= 0.6 is 0 Å². The molecular formula is C54H99NO5. The molecule has 0 fully saturated rings. The molecule has 0 aliphatic rings. The minimum absolute atomic E-state index is 0.0520. The molecule has 0 saturated carbocycles. The molecule has 0 spiro atoms. The summed E-state index contributed by atoms with van der Waals surface area (Å²) in [5, 5.41) is 23.7. The zero-order valence-corrected chi connectivity index (χ0v) is 39.8. The van der Waals surface area contributed by atoms with Crippen molar-refractivity contribution in [3.8, 4) is 0 Å². The largest absolute Gasteiger partial charge is 0.462 e.